The van der Waals surface area contributed by atoms with E-state index in [1.807, 2.05) is 79.7 Å². The molecule has 7 rings (SSSR count). The Kier molecular flexibility index (Phi) is 14.1. The fourth-order valence-electron chi connectivity index (χ4n) is 7.98. The number of sulfonamides is 2. The van der Waals surface area contributed by atoms with Crippen molar-refractivity contribution < 1.29 is 45.7 Å². The van der Waals surface area contributed by atoms with Crippen LogP contribution in [0.1, 0.15) is 54.0 Å². The van der Waals surface area contributed by atoms with Crippen LogP contribution in [0, 0.1) is 5.92 Å². The first-order chi connectivity index (χ1) is 29.6. The number of nitrogens with zero attached hydrogens (tertiary/aromatic N) is 2. The highest BCUT2D eigenvalue weighted by atomic mass is 35.5. The number of halogens is 1. The van der Waals surface area contributed by atoms with Gasteiger partial charge < -0.3 is 24.1 Å². The number of hydrogen-bond donors (Lipinski definition) is 1. The Morgan fingerprint density at radius 3 is 2.05 bits per heavy atom. The lowest BCUT2D eigenvalue weighted by Crippen LogP contribution is -2.42. The topological polar surface area (TPSA) is 152 Å². The van der Waals surface area contributed by atoms with Gasteiger partial charge in [-0.1, -0.05) is 84.4 Å². The Morgan fingerprint density at radius 1 is 0.806 bits per heavy atom. The highest BCUT2D eigenvalue weighted by Gasteiger charge is 2.55. The smallest absolute Gasteiger partial charge is 0.341 e. The van der Waals surface area contributed by atoms with Crippen LogP contribution in [0.25, 0.3) is 0 Å². The Hall–Kier alpha value is -4.80. The maximum Gasteiger partial charge on any atom is 0.341 e. The minimum absolute atomic E-state index is 0.00345. The first-order valence-corrected chi connectivity index (χ1v) is 23.7. The lowest BCUT2D eigenvalue weighted by molar-refractivity contribution is -0.139. The number of hydrogen-bond acceptors (Lipinski definition) is 9. The molecule has 0 spiro atoms. The van der Waals surface area contributed by atoms with Crippen LogP contribution in [0.4, 0.5) is 0 Å². The molecule has 2 aliphatic heterocycles. The van der Waals surface area contributed by atoms with E-state index in [4.69, 9.17) is 30.5 Å². The highest BCUT2D eigenvalue weighted by Crippen LogP contribution is 2.55. The predicted octanol–water partition coefficient (Wildman–Crippen LogP) is 7.98. The molecule has 2 fully saturated rings. The summed E-state index contributed by atoms with van der Waals surface area (Å²) >= 11 is 5.98. The van der Waals surface area contributed by atoms with Crippen LogP contribution < -0.4 is 9.47 Å². The van der Waals surface area contributed by atoms with E-state index in [0.717, 1.165) is 16.7 Å². The van der Waals surface area contributed by atoms with Crippen molar-refractivity contribution in [3.05, 3.63) is 155 Å². The molecule has 0 aliphatic carbocycles. The van der Waals surface area contributed by atoms with Gasteiger partial charge in [0.1, 0.15) is 11.5 Å². The van der Waals surface area contributed by atoms with Gasteiger partial charge in [0.15, 0.2) is 6.61 Å². The van der Waals surface area contributed by atoms with Gasteiger partial charge in [0.2, 0.25) is 20.0 Å². The molecule has 0 aromatic heterocycles. The average Bonchev–Trinajstić information content (AvgIpc) is 4.03. The largest absolute Gasteiger partial charge is 0.494 e. The normalized spacial score (nSPS) is 21.5. The van der Waals surface area contributed by atoms with Crippen LogP contribution >= 0.6 is 11.6 Å². The zero-order chi connectivity index (χ0) is 44.1. The molecule has 2 aliphatic rings. The number of carboxylic acids is 1. The minimum Gasteiger partial charge on any atom is -0.494 e. The molecule has 0 saturated carbocycles. The number of carbonyl (C=O) groups is 1. The summed E-state index contributed by atoms with van der Waals surface area (Å²) < 4.78 is 83.1. The molecule has 5 aromatic carbocycles. The first kappa shape index (κ1) is 45.2. The number of rotatable bonds is 19. The average molecular weight is 904 g/mol. The molecule has 0 radical (unpaired) electrons. The molecule has 328 valence electrons. The summed E-state index contributed by atoms with van der Waals surface area (Å²) in [5.41, 5.74) is 2.51. The number of carboxylic acid groups (broad SMARTS) is 1. The summed E-state index contributed by atoms with van der Waals surface area (Å²) in [6.45, 7) is 2.44. The molecule has 0 amide bonds. The van der Waals surface area contributed by atoms with Gasteiger partial charge >= 0.3 is 5.97 Å². The molecule has 12 nitrogen and oxygen atoms in total. The molecule has 62 heavy (non-hydrogen) atoms. The van der Waals surface area contributed by atoms with Crippen LogP contribution in [-0.4, -0.2) is 88.7 Å². The molecular weight excluding hydrogens is 852 g/mol. The van der Waals surface area contributed by atoms with E-state index in [1.54, 1.807) is 43.4 Å². The van der Waals surface area contributed by atoms with E-state index < -0.39 is 50.4 Å². The van der Waals surface area contributed by atoms with Crippen molar-refractivity contribution in [1.82, 2.24) is 8.61 Å². The molecule has 15 heteroatoms. The molecule has 1 N–H and O–H groups in total. The van der Waals surface area contributed by atoms with Gasteiger partial charge in [0, 0.05) is 49.6 Å². The molecule has 0 bridgehead atoms. The third kappa shape index (κ3) is 10.7. The monoisotopic (exact) mass is 902 g/mol. The van der Waals surface area contributed by atoms with E-state index in [-0.39, 0.29) is 47.1 Å². The maximum absolute atomic E-state index is 14.1. The van der Waals surface area contributed by atoms with Crippen molar-refractivity contribution in [2.45, 2.75) is 66.2 Å². The quantitative estimate of drug-likeness (QED) is 0.0638. The fraction of sp³-hybridized carbons (Fsp3) is 0.340. The van der Waals surface area contributed by atoms with E-state index in [0.29, 0.717) is 42.2 Å². The summed E-state index contributed by atoms with van der Waals surface area (Å²) in [4.78, 5) is 11.9. The van der Waals surface area contributed by atoms with Crippen molar-refractivity contribution in [1.29, 1.82) is 0 Å². The van der Waals surface area contributed by atoms with Gasteiger partial charge in [-0.15, -0.1) is 0 Å². The summed E-state index contributed by atoms with van der Waals surface area (Å²) in [7, 11) is -4.79. The predicted molar refractivity (Wildman–Crippen MR) is 235 cm³/mol. The van der Waals surface area contributed by atoms with Gasteiger partial charge in [-0.2, -0.15) is 4.31 Å². The Morgan fingerprint density at radius 2 is 1.42 bits per heavy atom. The standard InChI is InChI=1S/C47H51ClN2O10S2/c1-47(32-59-47)42-29-40(35-15-21-38(22-16-35)61(53,54)50(3)30-34-13-8-5-9-14-34)44(27-33-11-6-4-7-12-33)60-46(42)41-28-39(23-24-43(41)58-31-45(51)52)62(55,56)49(2)25-10-26-57-37-19-17-36(48)18-20-37/h4-9,11-24,28,40,42,44,46H,10,25-27,29-32H2,1-3H3,(H,51,52)/t40-,42+,44+,46-,47?/m0/s1. The molecule has 2 heterocycles. The lowest BCUT2D eigenvalue weighted by atomic mass is 9.72. The van der Waals surface area contributed by atoms with Crippen molar-refractivity contribution in [3.8, 4) is 11.5 Å². The van der Waals surface area contributed by atoms with Crippen LogP contribution in [0.2, 0.25) is 5.02 Å². The molecule has 5 aromatic rings. The van der Waals surface area contributed by atoms with Crippen LogP contribution in [0.15, 0.2) is 137 Å². The lowest BCUT2D eigenvalue weighted by Gasteiger charge is -2.44. The number of benzene rings is 5. The SMILES string of the molecule is CN(CCCOc1ccc(Cl)cc1)S(=O)(=O)c1ccc(OCC(=O)O)c([C@@H]2O[C@H](Cc3ccccc3)[C@H](c3ccc(S(=O)(=O)N(C)Cc4ccccc4)cc3)C[C@H]2C2(C)CO2)c1. The van der Waals surface area contributed by atoms with Gasteiger partial charge in [-0.3, -0.25) is 0 Å². The highest BCUT2D eigenvalue weighted by molar-refractivity contribution is 7.89. The summed E-state index contributed by atoms with van der Waals surface area (Å²) in [5, 5.41) is 10.2. The van der Waals surface area contributed by atoms with Crippen molar-refractivity contribution >= 4 is 37.6 Å². The Balaban J connectivity index is 1.19. The van der Waals surface area contributed by atoms with Gasteiger partial charge in [-0.25, -0.2) is 25.9 Å². The van der Waals surface area contributed by atoms with Gasteiger partial charge in [0.25, 0.3) is 0 Å². The summed E-state index contributed by atoms with van der Waals surface area (Å²) in [5.74, 6) is -0.945. The minimum atomic E-state index is -4.04. The number of ether oxygens (including phenoxy) is 4. The van der Waals surface area contributed by atoms with E-state index >= 15 is 0 Å². The second-order valence-corrected chi connectivity index (χ2v) is 20.5. The second-order valence-electron chi connectivity index (χ2n) is 16.0. The van der Waals surface area contributed by atoms with Crippen molar-refractivity contribution in [3.63, 3.8) is 0 Å². The van der Waals surface area contributed by atoms with Crippen molar-refractivity contribution in [2.24, 2.45) is 5.92 Å². The third-order valence-corrected chi connectivity index (χ3v) is 15.5. The van der Waals surface area contributed by atoms with Crippen LogP contribution in [-0.2, 0) is 47.3 Å². The van der Waals surface area contributed by atoms with Gasteiger partial charge in [0.05, 0.1) is 40.8 Å². The molecule has 1 unspecified atom stereocenters. The molecule has 2 saturated heterocycles. The maximum atomic E-state index is 14.1. The number of aliphatic carboxylic acids is 1. The van der Waals surface area contributed by atoms with E-state index in [9.17, 15) is 26.7 Å². The Labute approximate surface area is 369 Å². The fourth-order valence-corrected chi connectivity index (χ4v) is 10.5. The zero-order valence-electron chi connectivity index (χ0n) is 34.8. The zero-order valence-corrected chi connectivity index (χ0v) is 37.2. The second kappa shape index (κ2) is 19.3. The summed E-state index contributed by atoms with van der Waals surface area (Å²) in [6.07, 6.45) is 0.183. The molecule has 5 atom stereocenters. The Bertz CT molecular complexity index is 2520. The summed E-state index contributed by atoms with van der Waals surface area (Å²) in [6, 6.07) is 37.6. The van der Waals surface area contributed by atoms with E-state index in [1.165, 1.54) is 33.9 Å². The van der Waals surface area contributed by atoms with Crippen LogP contribution in [0.3, 0.4) is 0 Å². The first-order valence-electron chi connectivity index (χ1n) is 20.4. The molecular formula is C47H51ClN2O10S2. The third-order valence-electron chi connectivity index (χ3n) is 11.6. The number of epoxide rings is 1. The van der Waals surface area contributed by atoms with Crippen LogP contribution in [0.5, 0.6) is 11.5 Å². The van der Waals surface area contributed by atoms with Crippen molar-refractivity contribution in [2.75, 3.05) is 40.5 Å². The van der Waals surface area contributed by atoms with Gasteiger partial charge in [-0.05, 0) is 97.5 Å². The van der Waals surface area contributed by atoms with E-state index in [2.05, 4.69) is 0 Å².